The second-order valence-corrected chi connectivity index (χ2v) is 9.25. The molecule has 9 heteroatoms. The number of rotatable bonds is 5. The Balaban J connectivity index is 1.73. The van der Waals surface area contributed by atoms with E-state index in [-0.39, 0.29) is 17.2 Å². The second-order valence-electron chi connectivity index (χ2n) is 6.73. The van der Waals surface area contributed by atoms with E-state index in [1.54, 1.807) is 31.2 Å². The zero-order valence-electron chi connectivity index (χ0n) is 15.0. The molecular weight excluding hydrogens is 423 g/mol. The van der Waals surface area contributed by atoms with Gasteiger partial charge in [-0.2, -0.15) is 0 Å². The summed E-state index contributed by atoms with van der Waals surface area (Å²) in [5.41, 5.74) is -0.588. The number of nitrogens with one attached hydrogen (secondary N) is 1. The molecule has 1 heterocycles. The lowest BCUT2D eigenvalue weighted by molar-refractivity contribution is -0.156. The zero-order chi connectivity index (χ0) is 20.5. The van der Waals surface area contributed by atoms with E-state index in [0.29, 0.717) is 28.6 Å². The van der Waals surface area contributed by atoms with Crippen molar-refractivity contribution < 1.29 is 18.0 Å². The number of amides is 2. The molecule has 2 aromatic carbocycles. The number of hydrogen-bond donors (Lipinski definition) is 1. The Hall–Kier alpha value is -2.09. The number of nitrogens with zero attached hydrogens (tertiary/aromatic N) is 1. The van der Waals surface area contributed by atoms with Gasteiger partial charge in [-0.1, -0.05) is 41.4 Å². The Bertz CT molecular complexity index is 1020. The lowest BCUT2D eigenvalue weighted by Gasteiger charge is -2.49. The molecule has 0 radical (unpaired) electrons. The van der Waals surface area contributed by atoms with E-state index in [1.807, 2.05) is 0 Å². The van der Waals surface area contributed by atoms with Crippen LogP contribution in [-0.4, -0.2) is 37.2 Å². The monoisotopic (exact) mass is 440 g/mol. The number of likely N-dealkylation sites (tertiary alicyclic amines) is 1. The first kappa shape index (κ1) is 20.6. The summed E-state index contributed by atoms with van der Waals surface area (Å²) in [6.45, 7) is 1.92. The van der Waals surface area contributed by atoms with E-state index in [4.69, 9.17) is 23.2 Å². The molecule has 0 saturated carbocycles. The molecule has 1 saturated heterocycles. The van der Waals surface area contributed by atoms with E-state index >= 15 is 0 Å². The average Bonchev–Trinajstić information content (AvgIpc) is 2.62. The van der Waals surface area contributed by atoms with Crippen LogP contribution < -0.4 is 4.72 Å². The van der Waals surface area contributed by atoms with Crippen molar-refractivity contribution in [1.82, 2.24) is 9.62 Å². The molecule has 1 unspecified atom stereocenters. The normalized spacial score (nSPS) is 19.0. The maximum absolute atomic E-state index is 12.7. The van der Waals surface area contributed by atoms with Gasteiger partial charge in [0.15, 0.2) is 0 Å². The van der Waals surface area contributed by atoms with Crippen LogP contribution in [0.2, 0.25) is 10.0 Å². The number of carbonyl (C=O) groups is 2. The maximum Gasteiger partial charge on any atom is 0.264 e. The van der Waals surface area contributed by atoms with Crippen molar-refractivity contribution in [3.05, 3.63) is 64.1 Å². The summed E-state index contributed by atoms with van der Waals surface area (Å²) < 4.78 is 27.0. The Morgan fingerprint density at radius 3 is 2.32 bits per heavy atom. The van der Waals surface area contributed by atoms with Crippen LogP contribution >= 0.6 is 23.2 Å². The van der Waals surface area contributed by atoms with Crippen molar-refractivity contribution in [3.63, 3.8) is 0 Å². The molecule has 0 aromatic heterocycles. The summed E-state index contributed by atoms with van der Waals surface area (Å²) in [4.78, 5) is 26.7. The molecule has 6 nitrogen and oxygen atoms in total. The van der Waals surface area contributed by atoms with Gasteiger partial charge in [0.1, 0.15) is 5.54 Å². The number of hydrogen-bond acceptors (Lipinski definition) is 4. The van der Waals surface area contributed by atoms with Gasteiger partial charge in [0, 0.05) is 16.6 Å². The van der Waals surface area contributed by atoms with Crippen molar-refractivity contribution in [2.24, 2.45) is 0 Å². The highest BCUT2D eigenvalue weighted by molar-refractivity contribution is 7.90. The highest BCUT2D eigenvalue weighted by Crippen LogP contribution is 2.32. The Morgan fingerprint density at radius 2 is 1.75 bits per heavy atom. The smallest absolute Gasteiger partial charge is 0.264 e. The molecule has 2 amide bonds. The predicted octanol–water partition coefficient (Wildman–Crippen LogP) is 3.03. The minimum atomic E-state index is -4.07. The van der Waals surface area contributed by atoms with E-state index in [1.165, 1.54) is 29.2 Å². The SMILES string of the molecule is CC1(C(=O)NS(=O)(=O)c2ccc(Cl)cc2)CCN1C(=O)Cc1ccccc1Cl. The number of sulfonamides is 1. The van der Waals surface area contributed by atoms with Gasteiger partial charge < -0.3 is 4.90 Å². The molecule has 0 bridgehead atoms. The first-order chi connectivity index (χ1) is 13.1. The van der Waals surface area contributed by atoms with Gasteiger partial charge in [-0.25, -0.2) is 13.1 Å². The summed E-state index contributed by atoms with van der Waals surface area (Å²) in [6.07, 6.45) is 0.399. The van der Waals surface area contributed by atoms with Crippen LogP contribution in [0.1, 0.15) is 18.9 Å². The molecular formula is C19H18Cl2N2O4S. The lowest BCUT2D eigenvalue weighted by Crippen LogP contribution is -2.68. The number of carbonyl (C=O) groups excluding carboxylic acids is 2. The minimum absolute atomic E-state index is 0.0342. The van der Waals surface area contributed by atoms with Crippen LogP contribution in [0.15, 0.2) is 53.4 Å². The van der Waals surface area contributed by atoms with Crippen LogP contribution in [-0.2, 0) is 26.0 Å². The fourth-order valence-electron chi connectivity index (χ4n) is 3.00. The number of halogens is 2. The van der Waals surface area contributed by atoms with Crippen molar-refractivity contribution >= 4 is 45.0 Å². The average molecular weight is 441 g/mol. The lowest BCUT2D eigenvalue weighted by atomic mass is 9.85. The molecule has 1 atom stereocenters. The van der Waals surface area contributed by atoms with Crippen LogP contribution in [0.25, 0.3) is 0 Å². The Morgan fingerprint density at radius 1 is 1.11 bits per heavy atom. The standard InChI is InChI=1S/C19H18Cl2N2O4S/c1-19(18(25)22-28(26,27)15-8-6-14(20)7-9-15)10-11-23(19)17(24)12-13-4-2-3-5-16(13)21/h2-9H,10-12H2,1H3,(H,22,25). The first-order valence-electron chi connectivity index (χ1n) is 8.50. The maximum atomic E-state index is 12.7. The minimum Gasteiger partial charge on any atom is -0.328 e. The van der Waals surface area contributed by atoms with E-state index in [0.717, 1.165) is 0 Å². The second kappa shape index (κ2) is 7.73. The summed E-state index contributed by atoms with van der Waals surface area (Å²) >= 11 is 11.9. The van der Waals surface area contributed by atoms with Gasteiger partial charge in [0.25, 0.3) is 15.9 Å². The zero-order valence-corrected chi connectivity index (χ0v) is 17.3. The quantitative estimate of drug-likeness (QED) is 0.773. The molecule has 148 valence electrons. The molecule has 1 aliphatic rings. The van der Waals surface area contributed by atoms with E-state index < -0.39 is 21.5 Å². The van der Waals surface area contributed by atoms with Crippen molar-refractivity contribution in [1.29, 1.82) is 0 Å². The van der Waals surface area contributed by atoms with Crippen molar-refractivity contribution in [2.45, 2.75) is 30.2 Å². The van der Waals surface area contributed by atoms with Gasteiger partial charge >= 0.3 is 0 Å². The third-order valence-electron chi connectivity index (χ3n) is 4.86. The topological polar surface area (TPSA) is 83.6 Å². The van der Waals surface area contributed by atoms with Gasteiger partial charge in [-0.05, 0) is 49.2 Å². The third-order valence-corrected chi connectivity index (χ3v) is 6.83. The summed E-state index contributed by atoms with van der Waals surface area (Å²) in [6, 6.07) is 12.4. The van der Waals surface area contributed by atoms with E-state index in [9.17, 15) is 18.0 Å². The molecule has 0 spiro atoms. The predicted molar refractivity (Wildman–Crippen MR) is 107 cm³/mol. The third kappa shape index (κ3) is 4.01. The molecule has 1 N–H and O–H groups in total. The largest absolute Gasteiger partial charge is 0.328 e. The van der Waals surface area contributed by atoms with Gasteiger partial charge in [0.2, 0.25) is 5.91 Å². The highest BCUT2D eigenvalue weighted by atomic mass is 35.5. The first-order valence-corrected chi connectivity index (χ1v) is 10.7. The van der Waals surface area contributed by atoms with E-state index in [2.05, 4.69) is 4.72 Å². The van der Waals surface area contributed by atoms with Crippen LogP contribution in [0, 0.1) is 0 Å². The van der Waals surface area contributed by atoms with Gasteiger partial charge in [-0.15, -0.1) is 0 Å². The van der Waals surface area contributed by atoms with Crippen molar-refractivity contribution in [2.75, 3.05) is 6.54 Å². The molecule has 28 heavy (non-hydrogen) atoms. The highest BCUT2D eigenvalue weighted by Gasteiger charge is 2.50. The Kier molecular flexibility index (Phi) is 5.70. The molecule has 1 fully saturated rings. The summed E-state index contributed by atoms with van der Waals surface area (Å²) in [5.74, 6) is -1.04. The van der Waals surface area contributed by atoms with Gasteiger partial charge in [0.05, 0.1) is 11.3 Å². The summed E-state index contributed by atoms with van der Waals surface area (Å²) in [5, 5.41) is 0.848. The summed E-state index contributed by atoms with van der Waals surface area (Å²) in [7, 11) is -4.07. The van der Waals surface area contributed by atoms with Crippen LogP contribution in [0.5, 0.6) is 0 Å². The Labute approximate surface area is 173 Å². The van der Waals surface area contributed by atoms with Crippen LogP contribution in [0.3, 0.4) is 0 Å². The fraction of sp³-hybridized carbons (Fsp3) is 0.263. The molecule has 1 aliphatic heterocycles. The van der Waals surface area contributed by atoms with Crippen LogP contribution in [0.4, 0.5) is 0 Å². The number of benzene rings is 2. The van der Waals surface area contributed by atoms with Crippen molar-refractivity contribution in [3.8, 4) is 0 Å². The molecule has 0 aliphatic carbocycles. The van der Waals surface area contributed by atoms with Gasteiger partial charge in [-0.3, -0.25) is 9.59 Å². The molecule has 3 rings (SSSR count). The molecule has 2 aromatic rings. The fourth-order valence-corrected chi connectivity index (χ4v) is 4.40.